The van der Waals surface area contributed by atoms with Crippen molar-refractivity contribution in [3.63, 3.8) is 0 Å². The van der Waals surface area contributed by atoms with Crippen molar-refractivity contribution in [3.8, 4) is 5.88 Å². The predicted octanol–water partition coefficient (Wildman–Crippen LogP) is 1.90. The van der Waals surface area contributed by atoms with Crippen LogP contribution in [0.25, 0.3) is 0 Å². The van der Waals surface area contributed by atoms with Gasteiger partial charge in [0.1, 0.15) is 6.10 Å². The summed E-state index contributed by atoms with van der Waals surface area (Å²) in [6.45, 7) is 1.89. The van der Waals surface area contributed by atoms with Crippen molar-refractivity contribution in [3.05, 3.63) is 18.1 Å². The fourth-order valence-electron chi connectivity index (χ4n) is 2.20. The summed E-state index contributed by atoms with van der Waals surface area (Å²) in [5, 5.41) is 0. The second-order valence-corrected chi connectivity index (χ2v) is 4.61. The van der Waals surface area contributed by atoms with Crippen molar-refractivity contribution < 1.29 is 14.3 Å². The van der Waals surface area contributed by atoms with Crippen LogP contribution in [-0.2, 0) is 9.53 Å². The molecule has 0 aromatic carbocycles. The first-order valence-electron chi connectivity index (χ1n) is 6.22. The lowest BCUT2D eigenvalue weighted by atomic mass is 9.87. The zero-order chi connectivity index (χ0) is 13.0. The van der Waals surface area contributed by atoms with Gasteiger partial charge in [0.2, 0.25) is 5.88 Å². The quantitative estimate of drug-likeness (QED) is 0.767. The molecule has 0 bridgehead atoms. The summed E-state index contributed by atoms with van der Waals surface area (Å²) in [6, 6.07) is 0. The molecule has 1 saturated carbocycles. The summed E-state index contributed by atoms with van der Waals surface area (Å²) in [6.07, 6.45) is 6.80. The molecule has 0 amide bonds. The van der Waals surface area contributed by atoms with E-state index in [1.54, 1.807) is 12.4 Å². The number of esters is 1. The summed E-state index contributed by atoms with van der Waals surface area (Å²) < 4.78 is 10.5. The minimum atomic E-state index is -0.108. The summed E-state index contributed by atoms with van der Waals surface area (Å²) >= 11 is 0. The van der Waals surface area contributed by atoms with Gasteiger partial charge in [0.05, 0.1) is 31.1 Å². The third-order valence-electron chi connectivity index (χ3n) is 3.25. The van der Waals surface area contributed by atoms with Crippen molar-refractivity contribution in [2.45, 2.75) is 38.7 Å². The molecular formula is C13H18N2O3. The molecule has 1 heterocycles. The van der Waals surface area contributed by atoms with E-state index in [2.05, 4.69) is 9.97 Å². The van der Waals surface area contributed by atoms with E-state index in [4.69, 9.17) is 9.47 Å². The van der Waals surface area contributed by atoms with Gasteiger partial charge in [0.15, 0.2) is 0 Å². The van der Waals surface area contributed by atoms with Crippen LogP contribution in [0.4, 0.5) is 0 Å². The van der Waals surface area contributed by atoms with Crippen LogP contribution in [0, 0.1) is 12.8 Å². The van der Waals surface area contributed by atoms with Gasteiger partial charge in [0.25, 0.3) is 0 Å². The number of nitrogens with zero attached hydrogens (tertiary/aromatic N) is 2. The minimum absolute atomic E-state index is 0.0268. The number of ether oxygens (including phenoxy) is 2. The molecule has 1 aromatic heterocycles. The highest BCUT2D eigenvalue weighted by molar-refractivity contribution is 5.72. The van der Waals surface area contributed by atoms with Crippen molar-refractivity contribution in [1.29, 1.82) is 0 Å². The maximum atomic E-state index is 11.4. The Labute approximate surface area is 107 Å². The number of hydrogen-bond donors (Lipinski definition) is 0. The first-order valence-corrected chi connectivity index (χ1v) is 6.22. The zero-order valence-electron chi connectivity index (χ0n) is 10.8. The molecule has 0 saturated heterocycles. The van der Waals surface area contributed by atoms with Gasteiger partial charge in [-0.1, -0.05) is 0 Å². The molecule has 98 valence electrons. The predicted molar refractivity (Wildman–Crippen MR) is 65.2 cm³/mol. The van der Waals surface area contributed by atoms with Crippen molar-refractivity contribution in [2.24, 2.45) is 5.92 Å². The molecule has 1 fully saturated rings. The fraction of sp³-hybridized carbons (Fsp3) is 0.615. The van der Waals surface area contributed by atoms with E-state index in [1.165, 1.54) is 7.11 Å². The van der Waals surface area contributed by atoms with E-state index in [9.17, 15) is 4.79 Å². The number of methoxy groups -OCH3 is 1. The molecule has 0 unspecified atom stereocenters. The standard InChI is InChI=1S/C13H18N2O3/c1-9-7-15-12(8-14-9)18-11-5-3-10(4-6-11)13(16)17-2/h7-8,10-11H,3-6H2,1-2H3. The Morgan fingerprint density at radius 1 is 1.22 bits per heavy atom. The summed E-state index contributed by atoms with van der Waals surface area (Å²) in [5.41, 5.74) is 0.872. The Kier molecular flexibility index (Phi) is 4.12. The number of rotatable bonds is 3. The summed E-state index contributed by atoms with van der Waals surface area (Å²) in [7, 11) is 1.44. The fourth-order valence-corrected chi connectivity index (χ4v) is 2.20. The summed E-state index contributed by atoms with van der Waals surface area (Å²) in [4.78, 5) is 19.7. The zero-order valence-corrected chi connectivity index (χ0v) is 10.8. The van der Waals surface area contributed by atoms with Gasteiger partial charge < -0.3 is 9.47 Å². The lowest BCUT2D eigenvalue weighted by molar-refractivity contribution is -0.147. The van der Waals surface area contributed by atoms with Crippen LogP contribution in [-0.4, -0.2) is 29.2 Å². The second kappa shape index (κ2) is 5.80. The third-order valence-corrected chi connectivity index (χ3v) is 3.25. The van der Waals surface area contributed by atoms with Crippen LogP contribution in [0.1, 0.15) is 31.4 Å². The van der Waals surface area contributed by atoms with Crippen molar-refractivity contribution in [2.75, 3.05) is 7.11 Å². The maximum Gasteiger partial charge on any atom is 0.308 e. The third kappa shape index (κ3) is 3.18. The van der Waals surface area contributed by atoms with Crippen LogP contribution >= 0.6 is 0 Å². The lowest BCUT2D eigenvalue weighted by Crippen LogP contribution is -2.28. The van der Waals surface area contributed by atoms with Crippen LogP contribution < -0.4 is 4.74 Å². The van der Waals surface area contributed by atoms with Gasteiger partial charge in [-0.15, -0.1) is 0 Å². The highest BCUT2D eigenvalue weighted by atomic mass is 16.5. The normalized spacial score (nSPS) is 23.4. The molecule has 0 aliphatic heterocycles. The first kappa shape index (κ1) is 12.8. The van der Waals surface area contributed by atoms with Gasteiger partial charge in [0, 0.05) is 0 Å². The molecule has 1 aliphatic carbocycles. The number of aryl methyl sites for hydroxylation is 1. The molecular weight excluding hydrogens is 232 g/mol. The average molecular weight is 250 g/mol. The van der Waals surface area contributed by atoms with Crippen LogP contribution in [0.3, 0.4) is 0 Å². The largest absolute Gasteiger partial charge is 0.473 e. The Hall–Kier alpha value is -1.65. The highest BCUT2D eigenvalue weighted by Crippen LogP contribution is 2.27. The Morgan fingerprint density at radius 3 is 2.50 bits per heavy atom. The molecule has 1 aliphatic rings. The van der Waals surface area contributed by atoms with E-state index in [0.29, 0.717) is 5.88 Å². The smallest absolute Gasteiger partial charge is 0.308 e. The maximum absolute atomic E-state index is 11.4. The minimum Gasteiger partial charge on any atom is -0.473 e. The van der Waals surface area contributed by atoms with E-state index in [1.807, 2.05) is 6.92 Å². The van der Waals surface area contributed by atoms with E-state index in [0.717, 1.165) is 31.4 Å². The second-order valence-electron chi connectivity index (χ2n) is 4.61. The Bertz CT molecular complexity index is 397. The van der Waals surface area contributed by atoms with Crippen LogP contribution in [0.15, 0.2) is 12.4 Å². The lowest BCUT2D eigenvalue weighted by Gasteiger charge is -2.26. The molecule has 18 heavy (non-hydrogen) atoms. The van der Waals surface area contributed by atoms with Gasteiger partial charge >= 0.3 is 5.97 Å². The highest BCUT2D eigenvalue weighted by Gasteiger charge is 2.27. The molecule has 1 aromatic rings. The molecule has 0 spiro atoms. The molecule has 5 nitrogen and oxygen atoms in total. The number of aromatic nitrogens is 2. The topological polar surface area (TPSA) is 61.3 Å². The molecule has 0 atom stereocenters. The number of carbonyl (C=O) groups is 1. The van der Waals surface area contributed by atoms with Crippen LogP contribution in [0.2, 0.25) is 0 Å². The molecule has 2 rings (SSSR count). The number of hydrogen-bond acceptors (Lipinski definition) is 5. The first-order chi connectivity index (χ1) is 8.69. The summed E-state index contributed by atoms with van der Waals surface area (Å²) in [5.74, 6) is 0.477. The molecule has 5 heteroatoms. The van der Waals surface area contributed by atoms with E-state index >= 15 is 0 Å². The van der Waals surface area contributed by atoms with Crippen molar-refractivity contribution >= 4 is 5.97 Å². The SMILES string of the molecule is COC(=O)C1CCC(Oc2cnc(C)cn2)CC1. The molecule has 0 radical (unpaired) electrons. The Balaban J connectivity index is 1.83. The van der Waals surface area contributed by atoms with E-state index in [-0.39, 0.29) is 18.0 Å². The van der Waals surface area contributed by atoms with Gasteiger partial charge in [-0.3, -0.25) is 9.78 Å². The van der Waals surface area contributed by atoms with Crippen molar-refractivity contribution in [1.82, 2.24) is 9.97 Å². The van der Waals surface area contributed by atoms with E-state index < -0.39 is 0 Å². The molecule has 0 N–H and O–H groups in total. The van der Waals surface area contributed by atoms with Gasteiger partial charge in [-0.25, -0.2) is 4.98 Å². The van der Waals surface area contributed by atoms with Gasteiger partial charge in [-0.2, -0.15) is 0 Å². The Morgan fingerprint density at radius 2 is 1.94 bits per heavy atom. The number of carbonyl (C=O) groups excluding carboxylic acids is 1. The monoisotopic (exact) mass is 250 g/mol. The van der Waals surface area contributed by atoms with Gasteiger partial charge in [-0.05, 0) is 32.6 Å². The average Bonchev–Trinajstić information content (AvgIpc) is 2.41. The van der Waals surface area contributed by atoms with Crippen LogP contribution in [0.5, 0.6) is 5.88 Å².